The van der Waals surface area contributed by atoms with Crippen molar-refractivity contribution in [2.75, 3.05) is 19.8 Å². The van der Waals surface area contributed by atoms with Crippen molar-refractivity contribution in [2.45, 2.75) is 32.8 Å². The monoisotopic (exact) mass is 575 g/mol. The van der Waals surface area contributed by atoms with E-state index in [1.54, 1.807) is 31.2 Å². The van der Waals surface area contributed by atoms with Crippen LogP contribution in [0.1, 0.15) is 26.3 Å². The molecular weight excluding hydrogens is 549 g/mol. The van der Waals surface area contributed by atoms with Crippen molar-refractivity contribution >= 4 is 15.2 Å². The third kappa shape index (κ3) is 8.13. The molecule has 0 saturated carbocycles. The third-order valence-corrected chi connectivity index (χ3v) is 7.86. The summed E-state index contributed by atoms with van der Waals surface area (Å²) in [6.45, 7) is 4.77. The Bertz CT molecular complexity index is 552. The zero-order chi connectivity index (χ0) is 17.5. The van der Waals surface area contributed by atoms with E-state index in [1.165, 1.54) is 18.7 Å². The molecule has 0 heterocycles. The molecule has 0 fully saturated rings. The molecule has 3 N–H and O–H groups in total. The van der Waals surface area contributed by atoms with Crippen LogP contribution in [0.3, 0.4) is 0 Å². The molecule has 2 atom stereocenters. The van der Waals surface area contributed by atoms with Gasteiger partial charge in [-0.25, -0.2) is 0 Å². The van der Waals surface area contributed by atoms with Crippen LogP contribution in [-0.4, -0.2) is 30.2 Å². The SMILES string of the molecule is CCOP(=O)([O-])C(N(CC)Cc1ccccc1)P(=O)([O-])OCC.N.[Pt+2]. The molecule has 0 aliphatic heterocycles. The van der Waals surface area contributed by atoms with E-state index in [2.05, 4.69) is 0 Å². The van der Waals surface area contributed by atoms with E-state index < -0.39 is 20.7 Å². The van der Waals surface area contributed by atoms with Gasteiger partial charge in [-0.2, -0.15) is 0 Å². The summed E-state index contributed by atoms with van der Waals surface area (Å²) in [5.74, 6) is 0. The van der Waals surface area contributed by atoms with Gasteiger partial charge in [0.2, 0.25) is 0 Å². The van der Waals surface area contributed by atoms with E-state index in [-0.39, 0.29) is 53.5 Å². The molecule has 0 radical (unpaired) electrons. The smallest absolute Gasteiger partial charge is 0.777 e. The first-order chi connectivity index (χ1) is 10.8. The average Bonchev–Trinajstić information content (AvgIpc) is 2.46. The van der Waals surface area contributed by atoms with Crippen molar-refractivity contribution in [1.82, 2.24) is 11.1 Å². The first-order valence-electron chi connectivity index (χ1n) is 7.47. The second kappa shape index (κ2) is 12.5. The van der Waals surface area contributed by atoms with Gasteiger partial charge in [-0.05, 0) is 26.0 Å². The van der Waals surface area contributed by atoms with Crippen molar-refractivity contribution in [3.05, 3.63) is 35.9 Å². The number of rotatable bonds is 10. The molecule has 11 heteroatoms. The van der Waals surface area contributed by atoms with Gasteiger partial charge < -0.3 is 34.1 Å². The molecule has 0 spiro atoms. The van der Waals surface area contributed by atoms with Crippen molar-refractivity contribution < 1.29 is 49.0 Å². The quantitative estimate of drug-likeness (QED) is 0.419. The molecule has 1 aromatic carbocycles. The minimum atomic E-state index is -4.69. The van der Waals surface area contributed by atoms with Gasteiger partial charge in [-0.15, -0.1) is 0 Å². The largest absolute Gasteiger partial charge is 2.00 e. The Kier molecular flexibility index (Phi) is 13.7. The van der Waals surface area contributed by atoms with E-state index in [4.69, 9.17) is 9.05 Å². The predicted molar refractivity (Wildman–Crippen MR) is 89.8 cm³/mol. The average molecular weight is 575 g/mol. The van der Waals surface area contributed by atoms with Gasteiger partial charge in [0, 0.05) is 6.54 Å². The molecule has 0 amide bonds. The fourth-order valence-corrected chi connectivity index (χ4v) is 6.30. The Hall–Kier alpha value is 0.128. The maximum Gasteiger partial charge on any atom is 2.00 e. The molecule has 148 valence electrons. The van der Waals surface area contributed by atoms with Crippen LogP contribution in [-0.2, 0) is 45.8 Å². The fraction of sp³-hybridized carbons (Fsp3) is 0.571. The van der Waals surface area contributed by atoms with Gasteiger partial charge in [-0.1, -0.05) is 37.3 Å². The van der Waals surface area contributed by atoms with E-state index in [0.717, 1.165) is 5.56 Å². The zero-order valence-corrected chi connectivity index (χ0v) is 18.7. The maximum atomic E-state index is 12.4. The molecule has 0 aliphatic rings. The Morgan fingerprint density at radius 3 is 1.80 bits per heavy atom. The Labute approximate surface area is 163 Å². The summed E-state index contributed by atoms with van der Waals surface area (Å²) in [4.78, 5) is 26.0. The molecule has 0 saturated heterocycles. The van der Waals surface area contributed by atoms with E-state index in [9.17, 15) is 18.9 Å². The molecule has 25 heavy (non-hydrogen) atoms. The molecule has 2 unspecified atom stereocenters. The molecule has 1 aromatic rings. The van der Waals surface area contributed by atoms with Gasteiger partial charge in [0.15, 0.2) is 15.2 Å². The van der Waals surface area contributed by atoms with E-state index in [1.807, 2.05) is 6.07 Å². The molecular formula is C14H26N2O6P2Pt. The Balaban J connectivity index is 0. The van der Waals surface area contributed by atoms with Crippen molar-refractivity contribution in [3.63, 3.8) is 0 Å². The normalized spacial score (nSPS) is 16.9. The minimum absolute atomic E-state index is 0. The second-order valence-corrected chi connectivity index (χ2v) is 8.87. The molecule has 0 bridgehead atoms. The fourth-order valence-electron chi connectivity index (χ4n) is 2.24. The maximum absolute atomic E-state index is 12.4. The minimum Gasteiger partial charge on any atom is -0.777 e. The summed E-state index contributed by atoms with van der Waals surface area (Å²) in [5.41, 5.74) is -1.05. The van der Waals surface area contributed by atoms with Crippen LogP contribution < -0.4 is 15.9 Å². The van der Waals surface area contributed by atoms with E-state index in [0.29, 0.717) is 0 Å². The van der Waals surface area contributed by atoms with Gasteiger partial charge in [0.05, 0.1) is 13.2 Å². The van der Waals surface area contributed by atoms with Gasteiger partial charge in [0.1, 0.15) is 5.52 Å². The summed E-state index contributed by atoms with van der Waals surface area (Å²) >= 11 is 0. The van der Waals surface area contributed by atoms with E-state index >= 15 is 0 Å². The topological polar surface area (TPSA) is 137 Å². The van der Waals surface area contributed by atoms with Crippen molar-refractivity contribution in [3.8, 4) is 0 Å². The Morgan fingerprint density at radius 2 is 1.44 bits per heavy atom. The van der Waals surface area contributed by atoms with Crippen LogP contribution >= 0.6 is 15.2 Å². The van der Waals surface area contributed by atoms with Gasteiger partial charge >= 0.3 is 21.1 Å². The first kappa shape index (κ1) is 27.3. The summed E-state index contributed by atoms with van der Waals surface area (Å²) in [7, 11) is -9.38. The van der Waals surface area contributed by atoms with Crippen molar-refractivity contribution in [1.29, 1.82) is 0 Å². The zero-order valence-electron chi connectivity index (χ0n) is 14.6. The second-order valence-electron chi connectivity index (χ2n) is 4.81. The van der Waals surface area contributed by atoms with Crippen LogP contribution in [0.5, 0.6) is 0 Å². The molecule has 1 rings (SSSR count). The number of nitrogens with zero attached hydrogens (tertiary/aromatic N) is 1. The van der Waals surface area contributed by atoms with Crippen LogP contribution in [0.4, 0.5) is 0 Å². The Morgan fingerprint density at radius 1 is 1.00 bits per heavy atom. The summed E-state index contributed by atoms with van der Waals surface area (Å²) < 4.78 is 34.2. The van der Waals surface area contributed by atoms with Crippen LogP contribution in [0, 0.1) is 0 Å². The molecule has 8 nitrogen and oxygen atoms in total. The summed E-state index contributed by atoms with van der Waals surface area (Å²) in [6.07, 6.45) is 0. The van der Waals surface area contributed by atoms with Gasteiger partial charge in [0.25, 0.3) is 0 Å². The number of hydrogen-bond acceptors (Lipinski definition) is 8. The molecule has 0 aromatic heterocycles. The van der Waals surface area contributed by atoms with Crippen LogP contribution in [0.25, 0.3) is 0 Å². The number of hydrogen-bond donors (Lipinski definition) is 1. The predicted octanol–water partition coefficient (Wildman–Crippen LogP) is 2.13. The van der Waals surface area contributed by atoms with Gasteiger partial charge in [-0.3, -0.25) is 4.90 Å². The van der Waals surface area contributed by atoms with Crippen LogP contribution in [0.15, 0.2) is 30.3 Å². The summed E-state index contributed by atoms with van der Waals surface area (Å²) in [6, 6.07) is 9.03. The standard InChI is InChI=1S/C14H25NO6P2.H3N.Pt/c1-4-15(12-13-10-8-7-9-11-13)14(22(16,17)20-5-2)23(18,19)21-6-3;;/h7-11,14H,4-6,12H2,1-3H3,(H,16,17)(H,18,19);1H3;/q;;+2/p-2. The van der Waals surface area contributed by atoms with Crippen LogP contribution in [0.2, 0.25) is 0 Å². The third-order valence-electron chi connectivity index (χ3n) is 3.15. The van der Waals surface area contributed by atoms with Crippen molar-refractivity contribution in [2.24, 2.45) is 0 Å². The molecule has 0 aliphatic carbocycles. The number of benzene rings is 1. The summed E-state index contributed by atoms with van der Waals surface area (Å²) in [5, 5.41) is 0. The first-order valence-corrected chi connectivity index (χ1v) is 10.7.